The van der Waals surface area contributed by atoms with E-state index < -0.39 is 0 Å². The van der Waals surface area contributed by atoms with Crippen LogP contribution in [0.2, 0.25) is 0 Å². The molecule has 14 nitrogen and oxygen atoms in total. The molecule has 2 aromatic heterocycles. The molecule has 0 fully saturated rings. The Hall–Kier alpha value is -4.00. The van der Waals surface area contributed by atoms with E-state index >= 15 is 0 Å². The summed E-state index contributed by atoms with van der Waals surface area (Å²) in [6.07, 6.45) is 5.19. The number of carbonyl (C=O) groups is 2. The van der Waals surface area contributed by atoms with E-state index in [0.717, 1.165) is 47.0 Å². The number of hydrogen-bond donors (Lipinski definition) is 0. The molecule has 0 saturated heterocycles. The topological polar surface area (TPSA) is 157 Å². The van der Waals surface area contributed by atoms with Crippen LogP contribution in [0.3, 0.4) is 0 Å². The fourth-order valence-electron chi connectivity index (χ4n) is 3.87. The zero-order chi connectivity index (χ0) is 35.6. The van der Waals surface area contributed by atoms with Crippen molar-refractivity contribution < 1.29 is 28.5 Å². The van der Waals surface area contributed by atoms with Gasteiger partial charge < -0.3 is 18.9 Å². The molecule has 50 heavy (non-hydrogen) atoms. The number of aromatic nitrogens is 6. The predicted molar refractivity (Wildman–Crippen MR) is 197 cm³/mol. The summed E-state index contributed by atoms with van der Waals surface area (Å²) in [6, 6.07) is 15.0. The van der Waals surface area contributed by atoms with E-state index in [1.165, 1.54) is 47.0 Å². The average Bonchev–Trinajstić information content (AvgIpc) is 3.72. The molecule has 0 bridgehead atoms. The zero-order valence-corrected chi connectivity index (χ0v) is 31.4. The van der Waals surface area contributed by atoms with Crippen LogP contribution in [0.4, 0.5) is 0 Å². The number of hydrogen-bond acceptors (Lipinski definition) is 16. The van der Waals surface area contributed by atoms with Crippen LogP contribution in [0.25, 0.3) is 0 Å². The van der Waals surface area contributed by atoms with Crippen molar-refractivity contribution >= 4 is 71.4 Å². The summed E-state index contributed by atoms with van der Waals surface area (Å²) in [5.41, 5.74) is 1.75. The molecule has 0 N–H and O–H groups in total. The Balaban J connectivity index is 1.36. The van der Waals surface area contributed by atoms with Crippen molar-refractivity contribution in [1.82, 2.24) is 29.7 Å². The first-order valence-corrected chi connectivity index (χ1v) is 19.5. The molecule has 18 heteroatoms. The molecule has 0 aliphatic rings. The normalized spacial score (nSPS) is 11.4. The maximum Gasteiger partial charge on any atom is 0.316 e. The lowest BCUT2D eigenvalue weighted by molar-refractivity contribution is -0.140. The Morgan fingerprint density at radius 1 is 0.620 bits per heavy atom. The molecule has 2 aromatic carbocycles. The second kappa shape index (κ2) is 21.3. The fourth-order valence-corrected chi connectivity index (χ4v) is 7.13. The van der Waals surface area contributed by atoms with Crippen molar-refractivity contribution in [3.63, 3.8) is 0 Å². The van der Waals surface area contributed by atoms with E-state index in [9.17, 15) is 9.59 Å². The maximum absolute atomic E-state index is 12.0. The van der Waals surface area contributed by atoms with Crippen LogP contribution < -0.4 is 9.47 Å². The summed E-state index contributed by atoms with van der Waals surface area (Å²) in [5, 5.41) is 28.7. The van der Waals surface area contributed by atoms with Crippen molar-refractivity contribution in [3.8, 4) is 11.5 Å². The number of ether oxygens (including phenoxy) is 4. The lowest BCUT2D eigenvalue weighted by atomic mass is 10.2. The lowest BCUT2D eigenvalue weighted by Gasteiger charge is -2.06. The summed E-state index contributed by atoms with van der Waals surface area (Å²) >= 11 is 5.51. The van der Waals surface area contributed by atoms with Crippen molar-refractivity contribution in [2.45, 2.75) is 47.3 Å². The Morgan fingerprint density at radius 3 is 1.32 bits per heavy atom. The molecular formula is C32H38N8O6S4. The highest BCUT2D eigenvalue weighted by molar-refractivity contribution is 8.00. The Morgan fingerprint density at radius 2 is 0.980 bits per heavy atom. The first-order valence-electron chi connectivity index (χ1n) is 15.5. The standard InChI is InChI=1S/C32H38N8O6S4/c1-5-45-27(41)21-49-31-37-35-29(39(31)33-19-23-9-13-25(43-3)14-10-23)47-17-7-8-18-48-30-36-38-32(50-22-28(42)46-6-2)40(30)34-20-24-11-15-26(44-4)16-12-24/h9-16,19-20H,5-8,17-18,21-22H2,1-4H3/b33-19+,34-20+. The molecule has 0 spiro atoms. The maximum atomic E-state index is 12.0. The van der Waals surface area contributed by atoms with Gasteiger partial charge in [-0.25, -0.2) is 0 Å². The van der Waals surface area contributed by atoms with E-state index in [4.69, 9.17) is 18.9 Å². The molecule has 0 radical (unpaired) electrons. The van der Waals surface area contributed by atoms with Gasteiger partial charge in [-0.3, -0.25) is 9.59 Å². The van der Waals surface area contributed by atoms with Gasteiger partial charge in [0.1, 0.15) is 11.5 Å². The van der Waals surface area contributed by atoms with Crippen LogP contribution >= 0.6 is 47.0 Å². The number of unbranched alkanes of at least 4 members (excludes halogenated alkanes) is 1. The second-order valence-corrected chi connectivity index (χ2v) is 13.8. The molecule has 0 atom stereocenters. The van der Waals surface area contributed by atoms with Crippen molar-refractivity contribution in [1.29, 1.82) is 0 Å². The molecular weight excluding hydrogens is 721 g/mol. The summed E-state index contributed by atoms with van der Waals surface area (Å²) in [5.74, 6) is 2.58. The van der Waals surface area contributed by atoms with Gasteiger partial charge in [0.15, 0.2) is 0 Å². The van der Waals surface area contributed by atoms with Crippen LogP contribution in [0, 0.1) is 0 Å². The fraction of sp³-hybridized carbons (Fsp3) is 0.375. The van der Waals surface area contributed by atoms with Gasteiger partial charge >= 0.3 is 11.9 Å². The van der Waals surface area contributed by atoms with Crippen LogP contribution in [-0.2, 0) is 19.1 Å². The number of thioether (sulfide) groups is 4. The van der Waals surface area contributed by atoms with Gasteiger partial charge in [0.25, 0.3) is 0 Å². The number of nitrogens with zero attached hydrogens (tertiary/aromatic N) is 8. The molecule has 0 aliphatic carbocycles. The highest BCUT2D eigenvalue weighted by atomic mass is 32.2. The van der Waals surface area contributed by atoms with Crippen LogP contribution in [0.5, 0.6) is 11.5 Å². The minimum Gasteiger partial charge on any atom is -0.497 e. The molecule has 4 aromatic rings. The molecule has 2 heterocycles. The SMILES string of the molecule is CCOC(=O)CSc1nnc(SCCCCSc2nnc(SCC(=O)OCC)n2/N=C/c2ccc(OC)cc2)n1/N=C/c1ccc(OC)cc1. The Kier molecular flexibility index (Phi) is 16.5. The van der Waals surface area contributed by atoms with Gasteiger partial charge in [-0.1, -0.05) is 47.0 Å². The Labute approximate surface area is 307 Å². The van der Waals surface area contributed by atoms with Crippen molar-refractivity contribution in [2.24, 2.45) is 10.2 Å². The van der Waals surface area contributed by atoms with Crippen molar-refractivity contribution in [2.75, 3.05) is 50.4 Å². The molecule has 266 valence electrons. The second-order valence-electron chi connectivity index (χ2n) is 9.78. The lowest BCUT2D eigenvalue weighted by Crippen LogP contribution is -2.07. The smallest absolute Gasteiger partial charge is 0.316 e. The quantitative estimate of drug-likeness (QED) is 0.0446. The van der Waals surface area contributed by atoms with Crippen LogP contribution in [0.15, 0.2) is 79.4 Å². The first-order chi connectivity index (χ1) is 24.4. The largest absolute Gasteiger partial charge is 0.497 e. The van der Waals surface area contributed by atoms with Crippen LogP contribution in [-0.4, -0.2) is 105 Å². The predicted octanol–water partition coefficient (Wildman–Crippen LogP) is 5.63. The van der Waals surface area contributed by atoms with Gasteiger partial charge in [-0.05, 0) is 86.3 Å². The summed E-state index contributed by atoms with van der Waals surface area (Å²) in [4.78, 5) is 24.0. The number of esters is 2. The number of rotatable bonds is 21. The molecule has 0 saturated carbocycles. The minimum atomic E-state index is -0.329. The van der Waals surface area contributed by atoms with Gasteiger partial charge in [0.05, 0.1) is 51.4 Å². The van der Waals surface area contributed by atoms with Gasteiger partial charge in [0.2, 0.25) is 20.6 Å². The average molecular weight is 759 g/mol. The monoisotopic (exact) mass is 758 g/mol. The van der Waals surface area contributed by atoms with E-state index in [-0.39, 0.29) is 23.4 Å². The van der Waals surface area contributed by atoms with E-state index in [1.807, 2.05) is 48.5 Å². The van der Waals surface area contributed by atoms with Gasteiger partial charge in [0, 0.05) is 11.5 Å². The third-order valence-corrected chi connectivity index (χ3v) is 10.1. The zero-order valence-electron chi connectivity index (χ0n) is 28.1. The van der Waals surface area contributed by atoms with Gasteiger partial charge in [-0.2, -0.15) is 19.6 Å². The van der Waals surface area contributed by atoms with E-state index in [1.54, 1.807) is 49.8 Å². The molecule has 0 aliphatic heterocycles. The third-order valence-electron chi connectivity index (χ3n) is 6.29. The van der Waals surface area contributed by atoms with E-state index in [0.29, 0.717) is 33.8 Å². The third kappa shape index (κ3) is 12.4. The molecule has 0 unspecified atom stereocenters. The van der Waals surface area contributed by atoms with E-state index in [2.05, 4.69) is 30.6 Å². The molecule has 0 amide bonds. The molecule has 4 rings (SSSR count). The highest BCUT2D eigenvalue weighted by Crippen LogP contribution is 2.27. The number of benzene rings is 2. The first kappa shape index (κ1) is 38.8. The number of methoxy groups -OCH3 is 2. The Bertz CT molecular complexity index is 1590. The summed E-state index contributed by atoms with van der Waals surface area (Å²) < 4.78 is 23.9. The summed E-state index contributed by atoms with van der Waals surface area (Å²) in [6.45, 7) is 4.16. The highest BCUT2D eigenvalue weighted by Gasteiger charge is 2.17. The summed E-state index contributed by atoms with van der Waals surface area (Å²) in [7, 11) is 3.24. The van der Waals surface area contributed by atoms with Crippen LogP contribution in [0.1, 0.15) is 37.8 Å². The number of carbonyl (C=O) groups excluding carboxylic acids is 2. The minimum absolute atomic E-state index is 0.101. The van der Waals surface area contributed by atoms with Crippen molar-refractivity contribution in [3.05, 3.63) is 59.7 Å². The van der Waals surface area contributed by atoms with Gasteiger partial charge in [-0.15, -0.1) is 20.4 Å².